The van der Waals surface area contributed by atoms with Crippen LogP contribution in [0.25, 0.3) is 0 Å². The molecule has 0 radical (unpaired) electrons. The fraction of sp³-hybridized carbons (Fsp3) is 0.767. The fourth-order valence-corrected chi connectivity index (χ4v) is 9.84. The van der Waals surface area contributed by atoms with E-state index in [-0.39, 0.29) is 31.1 Å². The minimum absolute atomic E-state index is 0.0783. The van der Waals surface area contributed by atoms with Crippen molar-refractivity contribution in [3.8, 4) is 0 Å². The van der Waals surface area contributed by atoms with E-state index in [9.17, 15) is 14.4 Å². The number of carbonyl (C=O) groups excluding carboxylic acids is 3. The van der Waals surface area contributed by atoms with Crippen LogP contribution >= 0.6 is 0 Å². The second kappa shape index (κ2) is 67.1. The molecule has 0 spiro atoms. The SMILES string of the molecule is CC/C=C\C/C=C\C/C=C\C/C=C\C/C=C\C/C=C\C/C=C\CCCCCCCC(=O)OCC(COC(=O)CCCCCCCCCCCCC)OC(=O)CCCCCCCCCCCCCCCCCCCCCCCCC. The standard InChI is InChI=1S/C73H128O6/c1-4-7-10-13-16-19-22-24-26-28-30-32-34-35-36-37-39-40-42-44-46-48-51-54-57-60-63-66-72(75)78-69-70(68-77-71(74)65-62-59-56-53-50-21-18-15-12-9-6-3)79-73(76)67-64-61-58-55-52-49-47-45-43-41-38-33-31-29-27-25-23-20-17-14-11-8-5-2/h7,10,16,19,24,26,30,32,35-36,39-40,44,46,70H,4-6,8-9,11-15,17-18,20-23,25,27-29,31,33-34,37-38,41-43,45,47-69H2,1-3H3/b10-7-,19-16-,26-24-,32-30-,36-35-,40-39-,46-44-. The summed E-state index contributed by atoms with van der Waals surface area (Å²) in [6, 6.07) is 0. The van der Waals surface area contributed by atoms with Crippen molar-refractivity contribution in [1.82, 2.24) is 0 Å². The van der Waals surface area contributed by atoms with Crippen LogP contribution in [0.1, 0.15) is 342 Å². The molecule has 0 aromatic carbocycles. The van der Waals surface area contributed by atoms with Gasteiger partial charge in [0.2, 0.25) is 0 Å². The molecular formula is C73H128O6. The van der Waals surface area contributed by atoms with Crippen LogP contribution in [0.3, 0.4) is 0 Å². The molecule has 0 N–H and O–H groups in total. The zero-order chi connectivity index (χ0) is 57.1. The number of esters is 3. The lowest BCUT2D eigenvalue weighted by Crippen LogP contribution is -2.30. The van der Waals surface area contributed by atoms with Crippen LogP contribution in [0.2, 0.25) is 0 Å². The molecule has 0 aromatic heterocycles. The predicted molar refractivity (Wildman–Crippen MR) is 344 cm³/mol. The molecule has 0 saturated carbocycles. The molecule has 0 saturated heterocycles. The highest BCUT2D eigenvalue weighted by molar-refractivity contribution is 5.71. The average Bonchev–Trinajstić information content (AvgIpc) is 3.45. The molecular weight excluding hydrogens is 973 g/mol. The van der Waals surface area contributed by atoms with Gasteiger partial charge in [-0.2, -0.15) is 0 Å². The first kappa shape index (κ1) is 75.6. The Morgan fingerprint density at radius 3 is 0.772 bits per heavy atom. The van der Waals surface area contributed by atoms with Crippen molar-refractivity contribution in [1.29, 1.82) is 0 Å². The molecule has 6 heteroatoms. The van der Waals surface area contributed by atoms with E-state index in [4.69, 9.17) is 14.2 Å². The summed E-state index contributed by atoms with van der Waals surface area (Å²) in [7, 11) is 0. The second-order valence-corrected chi connectivity index (χ2v) is 22.7. The van der Waals surface area contributed by atoms with Crippen molar-refractivity contribution < 1.29 is 28.6 Å². The largest absolute Gasteiger partial charge is 0.462 e. The minimum atomic E-state index is -0.783. The van der Waals surface area contributed by atoms with Crippen LogP contribution in [0.15, 0.2) is 85.1 Å². The Labute approximate surface area is 490 Å². The topological polar surface area (TPSA) is 78.9 Å². The Morgan fingerprint density at radius 2 is 0.494 bits per heavy atom. The van der Waals surface area contributed by atoms with Crippen molar-refractivity contribution in [2.45, 2.75) is 348 Å². The Balaban J connectivity index is 4.28. The van der Waals surface area contributed by atoms with Crippen molar-refractivity contribution in [2.24, 2.45) is 0 Å². The van der Waals surface area contributed by atoms with Crippen molar-refractivity contribution in [2.75, 3.05) is 13.2 Å². The third kappa shape index (κ3) is 65.3. The van der Waals surface area contributed by atoms with Gasteiger partial charge < -0.3 is 14.2 Å². The van der Waals surface area contributed by atoms with Crippen LogP contribution in [0, 0.1) is 0 Å². The summed E-state index contributed by atoms with van der Waals surface area (Å²) in [6.07, 6.45) is 88.9. The molecule has 0 bridgehead atoms. The number of ether oxygens (including phenoxy) is 3. The maximum Gasteiger partial charge on any atom is 0.306 e. The smallest absolute Gasteiger partial charge is 0.306 e. The molecule has 0 amide bonds. The summed E-state index contributed by atoms with van der Waals surface area (Å²) in [4.78, 5) is 38.3. The highest BCUT2D eigenvalue weighted by Crippen LogP contribution is 2.18. The molecule has 0 aliphatic carbocycles. The van der Waals surface area contributed by atoms with Crippen LogP contribution in [0.5, 0.6) is 0 Å². The Bertz CT molecular complexity index is 1500. The van der Waals surface area contributed by atoms with Crippen LogP contribution < -0.4 is 0 Å². The van der Waals surface area contributed by atoms with Crippen molar-refractivity contribution in [3.63, 3.8) is 0 Å². The van der Waals surface area contributed by atoms with Gasteiger partial charge in [-0.05, 0) is 77.0 Å². The van der Waals surface area contributed by atoms with Gasteiger partial charge in [-0.1, -0.05) is 331 Å². The first-order valence-corrected chi connectivity index (χ1v) is 34.1. The van der Waals surface area contributed by atoms with Gasteiger partial charge in [0.1, 0.15) is 13.2 Å². The molecule has 1 unspecified atom stereocenters. The summed E-state index contributed by atoms with van der Waals surface area (Å²) in [5.41, 5.74) is 0. The second-order valence-electron chi connectivity index (χ2n) is 22.7. The van der Waals surface area contributed by atoms with E-state index in [1.165, 1.54) is 180 Å². The highest BCUT2D eigenvalue weighted by atomic mass is 16.6. The third-order valence-corrected chi connectivity index (χ3v) is 14.9. The van der Waals surface area contributed by atoms with E-state index in [2.05, 4.69) is 106 Å². The first-order valence-electron chi connectivity index (χ1n) is 34.1. The van der Waals surface area contributed by atoms with Crippen molar-refractivity contribution in [3.05, 3.63) is 85.1 Å². The van der Waals surface area contributed by atoms with E-state index in [1.54, 1.807) is 0 Å². The summed E-state index contributed by atoms with van der Waals surface area (Å²) in [5.74, 6) is -0.881. The minimum Gasteiger partial charge on any atom is -0.462 e. The molecule has 79 heavy (non-hydrogen) atoms. The van der Waals surface area contributed by atoms with Gasteiger partial charge in [-0.25, -0.2) is 0 Å². The van der Waals surface area contributed by atoms with E-state index in [0.29, 0.717) is 19.3 Å². The zero-order valence-electron chi connectivity index (χ0n) is 52.4. The van der Waals surface area contributed by atoms with Crippen LogP contribution in [-0.2, 0) is 28.6 Å². The van der Waals surface area contributed by atoms with E-state index >= 15 is 0 Å². The maximum atomic E-state index is 12.9. The molecule has 0 fully saturated rings. The number of rotatable bonds is 62. The molecule has 0 heterocycles. The van der Waals surface area contributed by atoms with Gasteiger partial charge in [-0.15, -0.1) is 0 Å². The molecule has 0 aliphatic rings. The van der Waals surface area contributed by atoms with Gasteiger partial charge in [0, 0.05) is 19.3 Å². The maximum absolute atomic E-state index is 12.9. The Kier molecular flexibility index (Phi) is 64.2. The number of allylic oxidation sites excluding steroid dienone is 14. The third-order valence-electron chi connectivity index (χ3n) is 14.9. The van der Waals surface area contributed by atoms with Crippen LogP contribution in [0.4, 0.5) is 0 Å². The first-order chi connectivity index (χ1) is 39.0. The molecule has 6 nitrogen and oxygen atoms in total. The highest BCUT2D eigenvalue weighted by Gasteiger charge is 2.19. The summed E-state index contributed by atoms with van der Waals surface area (Å²) < 4.78 is 16.9. The van der Waals surface area contributed by atoms with Crippen molar-refractivity contribution >= 4 is 17.9 Å². The quantitative estimate of drug-likeness (QED) is 0.0261. The summed E-state index contributed by atoms with van der Waals surface area (Å²) >= 11 is 0. The number of hydrogen-bond acceptors (Lipinski definition) is 6. The molecule has 0 rings (SSSR count). The number of hydrogen-bond donors (Lipinski definition) is 0. The zero-order valence-corrected chi connectivity index (χ0v) is 52.4. The fourth-order valence-electron chi connectivity index (χ4n) is 9.84. The molecule has 0 aliphatic heterocycles. The van der Waals surface area contributed by atoms with E-state index in [0.717, 1.165) is 122 Å². The van der Waals surface area contributed by atoms with Gasteiger partial charge in [0.15, 0.2) is 6.10 Å². The Morgan fingerprint density at radius 1 is 0.266 bits per heavy atom. The summed E-state index contributed by atoms with van der Waals surface area (Å²) in [5, 5.41) is 0. The van der Waals surface area contributed by atoms with Gasteiger partial charge in [0.05, 0.1) is 0 Å². The monoisotopic (exact) mass is 1100 g/mol. The van der Waals surface area contributed by atoms with E-state index < -0.39 is 6.10 Å². The lowest BCUT2D eigenvalue weighted by molar-refractivity contribution is -0.167. The lowest BCUT2D eigenvalue weighted by Gasteiger charge is -2.18. The average molecular weight is 1100 g/mol. The summed E-state index contributed by atoms with van der Waals surface area (Å²) in [6.45, 7) is 6.55. The number of carbonyl (C=O) groups is 3. The van der Waals surface area contributed by atoms with Gasteiger partial charge in [-0.3, -0.25) is 14.4 Å². The Hall–Kier alpha value is -3.41. The lowest BCUT2D eigenvalue weighted by atomic mass is 10.0. The van der Waals surface area contributed by atoms with Gasteiger partial charge >= 0.3 is 17.9 Å². The predicted octanol–water partition coefficient (Wildman–Crippen LogP) is 23.4. The molecule has 0 aromatic rings. The van der Waals surface area contributed by atoms with Gasteiger partial charge in [0.25, 0.3) is 0 Å². The van der Waals surface area contributed by atoms with E-state index in [1.807, 2.05) is 0 Å². The number of unbranched alkanes of at least 4 members (excludes halogenated alkanes) is 37. The molecule has 1 atom stereocenters. The normalized spacial score (nSPS) is 12.6. The molecule has 456 valence electrons. The van der Waals surface area contributed by atoms with Crippen LogP contribution in [-0.4, -0.2) is 37.2 Å².